The first-order valence-corrected chi connectivity index (χ1v) is 6.55. The maximum absolute atomic E-state index is 11.8. The molecule has 1 amide bonds. The van der Waals surface area contributed by atoms with Crippen LogP contribution in [0.5, 0.6) is 0 Å². The number of carbonyl (C=O) groups is 2. The average Bonchev–Trinajstić information content (AvgIpc) is 2.39. The Bertz CT molecular complexity index is 320. The minimum atomic E-state index is -0.833. The lowest BCUT2D eigenvalue weighted by atomic mass is 9.76. The van der Waals surface area contributed by atoms with Gasteiger partial charge in [0, 0.05) is 33.9 Å². The number of ether oxygens (including phenoxy) is 2. The van der Waals surface area contributed by atoms with Gasteiger partial charge in [-0.25, -0.2) is 0 Å². The van der Waals surface area contributed by atoms with E-state index in [1.807, 2.05) is 0 Å². The van der Waals surface area contributed by atoms with Crippen LogP contribution in [0.3, 0.4) is 0 Å². The molecule has 0 radical (unpaired) electrons. The smallest absolute Gasteiger partial charge is 0.311 e. The fourth-order valence-electron chi connectivity index (χ4n) is 2.60. The molecule has 1 rings (SSSR count). The van der Waals surface area contributed by atoms with Gasteiger partial charge in [-0.1, -0.05) is 0 Å². The summed E-state index contributed by atoms with van der Waals surface area (Å²) >= 11 is 0. The van der Waals surface area contributed by atoms with Gasteiger partial charge in [0.25, 0.3) is 0 Å². The number of amides is 1. The molecular formula is C13H23NO5. The Morgan fingerprint density at radius 3 is 2.63 bits per heavy atom. The van der Waals surface area contributed by atoms with E-state index < -0.39 is 11.4 Å². The second-order valence-electron chi connectivity index (χ2n) is 5.03. The van der Waals surface area contributed by atoms with Gasteiger partial charge in [0.05, 0.1) is 5.41 Å². The summed E-state index contributed by atoms with van der Waals surface area (Å²) in [6, 6.07) is 0. The number of aliphatic carboxylic acids is 1. The van der Waals surface area contributed by atoms with Gasteiger partial charge in [-0.15, -0.1) is 0 Å². The fourth-order valence-corrected chi connectivity index (χ4v) is 2.60. The quantitative estimate of drug-likeness (QED) is 0.693. The summed E-state index contributed by atoms with van der Waals surface area (Å²) in [4.78, 5) is 25.0. The first-order valence-electron chi connectivity index (χ1n) is 6.55. The van der Waals surface area contributed by atoms with E-state index in [1.54, 1.807) is 12.0 Å². The van der Waals surface area contributed by atoms with Gasteiger partial charge < -0.3 is 19.5 Å². The lowest BCUT2D eigenvalue weighted by Crippen LogP contribution is -2.50. The molecule has 1 heterocycles. The average molecular weight is 273 g/mol. The van der Waals surface area contributed by atoms with Crippen LogP contribution in [0.1, 0.15) is 25.7 Å². The second-order valence-corrected chi connectivity index (χ2v) is 5.03. The van der Waals surface area contributed by atoms with Gasteiger partial charge in [-0.3, -0.25) is 9.59 Å². The molecule has 0 spiro atoms. The van der Waals surface area contributed by atoms with E-state index in [0.717, 1.165) is 6.42 Å². The number of carboxylic acids is 1. The maximum Gasteiger partial charge on any atom is 0.311 e. The van der Waals surface area contributed by atoms with Crippen LogP contribution in [0, 0.1) is 5.41 Å². The van der Waals surface area contributed by atoms with Gasteiger partial charge in [0.2, 0.25) is 5.91 Å². The molecule has 1 aliphatic heterocycles. The highest BCUT2D eigenvalue weighted by Gasteiger charge is 2.42. The fraction of sp³-hybridized carbons (Fsp3) is 0.846. The summed E-state index contributed by atoms with van der Waals surface area (Å²) in [6.07, 6.45) is 2.56. The van der Waals surface area contributed by atoms with Crippen LogP contribution < -0.4 is 0 Å². The van der Waals surface area contributed by atoms with Crippen LogP contribution in [-0.2, 0) is 19.1 Å². The molecule has 0 aliphatic carbocycles. The Morgan fingerprint density at radius 1 is 1.32 bits per heavy atom. The van der Waals surface area contributed by atoms with Crippen LogP contribution >= 0.6 is 0 Å². The Labute approximate surface area is 113 Å². The molecule has 1 atom stereocenters. The number of hydrogen-bond acceptors (Lipinski definition) is 4. The summed E-state index contributed by atoms with van der Waals surface area (Å²) in [7, 11) is 3.06. The third-order valence-electron chi connectivity index (χ3n) is 3.65. The van der Waals surface area contributed by atoms with E-state index >= 15 is 0 Å². The molecule has 1 aliphatic rings. The Kier molecular flexibility index (Phi) is 6.24. The van der Waals surface area contributed by atoms with E-state index in [1.165, 1.54) is 7.11 Å². The van der Waals surface area contributed by atoms with Crippen LogP contribution in [0.15, 0.2) is 0 Å². The molecule has 1 N–H and O–H groups in total. The molecule has 0 unspecified atom stereocenters. The second kappa shape index (κ2) is 7.45. The van der Waals surface area contributed by atoms with Gasteiger partial charge >= 0.3 is 5.97 Å². The van der Waals surface area contributed by atoms with Crippen molar-refractivity contribution in [2.45, 2.75) is 25.7 Å². The van der Waals surface area contributed by atoms with Gasteiger partial charge in [0.15, 0.2) is 0 Å². The van der Waals surface area contributed by atoms with E-state index in [0.29, 0.717) is 32.4 Å². The van der Waals surface area contributed by atoms with Crippen LogP contribution in [0.25, 0.3) is 0 Å². The normalized spacial score (nSPS) is 23.4. The predicted octanol–water partition coefficient (Wildman–Crippen LogP) is 0.753. The highest BCUT2D eigenvalue weighted by atomic mass is 16.5. The zero-order valence-electron chi connectivity index (χ0n) is 11.7. The van der Waals surface area contributed by atoms with Crippen molar-refractivity contribution in [3.63, 3.8) is 0 Å². The highest BCUT2D eigenvalue weighted by Crippen LogP contribution is 2.35. The Balaban J connectivity index is 2.69. The molecule has 0 saturated carbocycles. The number of rotatable bonds is 7. The van der Waals surface area contributed by atoms with Crippen molar-refractivity contribution in [3.05, 3.63) is 0 Å². The summed E-state index contributed by atoms with van der Waals surface area (Å²) in [5.74, 6) is -0.960. The number of piperidine rings is 1. The molecule has 19 heavy (non-hydrogen) atoms. The maximum atomic E-state index is 11.8. The molecule has 1 fully saturated rings. The topological polar surface area (TPSA) is 76.1 Å². The van der Waals surface area contributed by atoms with Gasteiger partial charge in [-0.05, 0) is 25.7 Å². The number of hydrogen-bond donors (Lipinski definition) is 1. The number of likely N-dealkylation sites (tertiary alicyclic amines) is 1. The van der Waals surface area contributed by atoms with Crippen molar-refractivity contribution in [3.8, 4) is 0 Å². The number of carbonyl (C=O) groups excluding carboxylic acids is 1. The van der Waals surface area contributed by atoms with Crippen molar-refractivity contribution < 1.29 is 24.2 Å². The SMILES string of the molecule is COCCC[C@]1(C(=O)O)CCCN(C(=O)COC)C1. The van der Waals surface area contributed by atoms with E-state index in [4.69, 9.17) is 9.47 Å². The Morgan fingerprint density at radius 2 is 2.05 bits per heavy atom. The largest absolute Gasteiger partial charge is 0.481 e. The molecular weight excluding hydrogens is 250 g/mol. The zero-order valence-corrected chi connectivity index (χ0v) is 11.7. The summed E-state index contributed by atoms with van der Waals surface area (Å²) < 4.78 is 9.80. The molecule has 0 aromatic rings. The molecule has 6 heteroatoms. The molecule has 1 saturated heterocycles. The molecule has 0 aromatic heterocycles. The van der Waals surface area contributed by atoms with E-state index in [9.17, 15) is 14.7 Å². The third kappa shape index (κ3) is 4.18. The standard InChI is InChI=1S/C13H23NO5/c1-18-8-4-6-13(12(16)17)5-3-7-14(10-13)11(15)9-19-2/h3-10H2,1-2H3,(H,16,17)/t13-/m1/s1. The summed E-state index contributed by atoms with van der Waals surface area (Å²) in [5, 5.41) is 9.51. The first-order chi connectivity index (χ1) is 9.05. The lowest BCUT2D eigenvalue weighted by Gasteiger charge is -2.40. The third-order valence-corrected chi connectivity index (χ3v) is 3.65. The molecule has 110 valence electrons. The molecule has 0 aromatic carbocycles. The molecule has 6 nitrogen and oxygen atoms in total. The predicted molar refractivity (Wildman–Crippen MR) is 68.9 cm³/mol. The van der Waals surface area contributed by atoms with E-state index in [-0.39, 0.29) is 19.1 Å². The van der Waals surface area contributed by atoms with Crippen LogP contribution in [-0.4, -0.2) is 62.4 Å². The molecule has 0 bridgehead atoms. The van der Waals surface area contributed by atoms with Crippen molar-refractivity contribution in [2.24, 2.45) is 5.41 Å². The number of nitrogens with zero attached hydrogens (tertiary/aromatic N) is 1. The highest BCUT2D eigenvalue weighted by molar-refractivity contribution is 5.80. The zero-order chi connectivity index (χ0) is 14.3. The van der Waals surface area contributed by atoms with Gasteiger partial charge in [-0.2, -0.15) is 0 Å². The summed E-state index contributed by atoms with van der Waals surface area (Å²) in [5.41, 5.74) is -0.833. The van der Waals surface area contributed by atoms with Crippen molar-refractivity contribution >= 4 is 11.9 Å². The van der Waals surface area contributed by atoms with Crippen molar-refractivity contribution in [2.75, 3.05) is 40.5 Å². The monoisotopic (exact) mass is 273 g/mol. The first kappa shape index (κ1) is 15.9. The van der Waals surface area contributed by atoms with Crippen molar-refractivity contribution in [1.82, 2.24) is 4.90 Å². The number of methoxy groups -OCH3 is 2. The van der Waals surface area contributed by atoms with Crippen LogP contribution in [0.2, 0.25) is 0 Å². The summed E-state index contributed by atoms with van der Waals surface area (Å²) in [6.45, 7) is 1.44. The van der Waals surface area contributed by atoms with Crippen LogP contribution in [0.4, 0.5) is 0 Å². The van der Waals surface area contributed by atoms with E-state index in [2.05, 4.69) is 0 Å². The minimum absolute atomic E-state index is 0.00771. The number of carboxylic acid groups (broad SMARTS) is 1. The van der Waals surface area contributed by atoms with Crippen molar-refractivity contribution in [1.29, 1.82) is 0 Å². The van der Waals surface area contributed by atoms with Gasteiger partial charge in [0.1, 0.15) is 6.61 Å². The lowest BCUT2D eigenvalue weighted by molar-refractivity contribution is -0.156. The minimum Gasteiger partial charge on any atom is -0.481 e. The Hall–Kier alpha value is -1.14.